The number of aryl methyl sites for hydroxylation is 3. The third-order valence-electron chi connectivity index (χ3n) is 2.90. The Hall–Kier alpha value is -1.41. The van der Waals surface area contributed by atoms with Gasteiger partial charge in [-0.2, -0.15) is 0 Å². The molecule has 0 aliphatic heterocycles. The van der Waals surface area contributed by atoms with Crippen LogP contribution < -0.4 is 0 Å². The maximum atomic E-state index is 6.14. The molecule has 2 nitrogen and oxygen atoms in total. The van der Waals surface area contributed by atoms with Crippen molar-refractivity contribution >= 4 is 11.6 Å². The van der Waals surface area contributed by atoms with Gasteiger partial charge in [0.05, 0.1) is 11.4 Å². The molecule has 1 aromatic heterocycles. The lowest BCUT2D eigenvalue weighted by Crippen LogP contribution is -1.96. The summed E-state index contributed by atoms with van der Waals surface area (Å²) in [7, 11) is 0. The molecule has 1 heterocycles. The first kappa shape index (κ1) is 12.1. The van der Waals surface area contributed by atoms with Gasteiger partial charge in [0.2, 0.25) is 0 Å². The number of rotatable bonds is 2. The van der Waals surface area contributed by atoms with Crippen LogP contribution in [0.15, 0.2) is 24.3 Å². The first-order valence-corrected chi connectivity index (χ1v) is 6.09. The fourth-order valence-corrected chi connectivity index (χ4v) is 1.94. The molecule has 0 fully saturated rings. The quantitative estimate of drug-likeness (QED) is 0.801. The number of hydrogen-bond acceptors (Lipinski definition) is 2. The molecule has 3 heteroatoms. The number of benzene rings is 1. The van der Waals surface area contributed by atoms with Crippen LogP contribution in [0, 0.1) is 13.8 Å². The fraction of sp³-hybridized carbons (Fsp3) is 0.286. The van der Waals surface area contributed by atoms with E-state index in [9.17, 15) is 0 Å². The summed E-state index contributed by atoms with van der Waals surface area (Å²) in [5.74, 6) is 0. The molecule has 0 amide bonds. The van der Waals surface area contributed by atoms with Gasteiger partial charge in [0, 0.05) is 5.56 Å². The van der Waals surface area contributed by atoms with Crippen LogP contribution in [0.25, 0.3) is 11.3 Å². The summed E-state index contributed by atoms with van der Waals surface area (Å²) in [6.45, 7) is 6.00. The summed E-state index contributed by atoms with van der Waals surface area (Å²) in [5, 5.41) is 0.470. The lowest BCUT2D eigenvalue weighted by Gasteiger charge is -2.07. The maximum absolute atomic E-state index is 6.14. The number of nitrogens with zero attached hydrogens (tertiary/aromatic N) is 2. The van der Waals surface area contributed by atoms with E-state index >= 15 is 0 Å². The number of hydrogen-bond donors (Lipinski definition) is 0. The van der Waals surface area contributed by atoms with Gasteiger partial charge in [0.1, 0.15) is 5.69 Å². The summed E-state index contributed by atoms with van der Waals surface area (Å²) >= 11 is 6.14. The Morgan fingerprint density at radius 3 is 2.18 bits per heavy atom. The van der Waals surface area contributed by atoms with Gasteiger partial charge in [-0.25, -0.2) is 9.97 Å². The van der Waals surface area contributed by atoms with E-state index < -0.39 is 0 Å². The van der Waals surface area contributed by atoms with Crippen LogP contribution >= 0.6 is 11.6 Å². The summed E-state index contributed by atoms with van der Waals surface area (Å²) in [4.78, 5) is 8.80. The largest absolute Gasteiger partial charge is 0.248 e. The van der Waals surface area contributed by atoms with Crippen molar-refractivity contribution in [2.24, 2.45) is 0 Å². The molecule has 1 aromatic carbocycles. The van der Waals surface area contributed by atoms with Crippen molar-refractivity contribution in [3.05, 3.63) is 46.4 Å². The molecule has 0 atom stereocenters. The Labute approximate surface area is 107 Å². The van der Waals surface area contributed by atoms with Crippen molar-refractivity contribution in [2.75, 3.05) is 0 Å². The molecule has 0 spiro atoms. The van der Waals surface area contributed by atoms with E-state index in [1.165, 1.54) is 5.56 Å². The van der Waals surface area contributed by atoms with Crippen molar-refractivity contribution in [3.8, 4) is 11.3 Å². The average Bonchev–Trinajstić information content (AvgIpc) is 2.34. The number of halogens is 1. The van der Waals surface area contributed by atoms with Crippen LogP contribution in [0.2, 0.25) is 5.15 Å². The maximum Gasteiger partial charge on any atom is 0.155 e. The smallest absolute Gasteiger partial charge is 0.155 e. The second kappa shape index (κ2) is 4.84. The van der Waals surface area contributed by atoms with Gasteiger partial charge in [0.25, 0.3) is 0 Å². The van der Waals surface area contributed by atoms with E-state index in [1.54, 1.807) is 0 Å². The highest BCUT2D eigenvalue weighted by Crippen LogP contribution is 2.25. The highest BCUT2D eigenvalue weighted by atomic mass is 35.5. The Morgan fingerprint density at radius 1 is 1.00 bits per heavy atom. The van der Waals surface area contributed by atoms with Gasteiger partial charge in [0.15, 0.2) is 5.15 Å². The van der Waals surface area contributed by atoms with Crippen molar-refractivity contribution in [1.29, 1.82) is 0 Å². The van der Waals surface area contributed by atoms with Crippen LogP contribution in [-0.4, -0.2) is 9.97 Å². The monoisotopic (exact) mass is 246 g/mol. The second-order valence-corrected chi connectivity index (χ2v) is 4.44. The van der Waals surface area contributed by atoms with Gasteiger partial charge in [-0.1, -0.05) is 42.8 Å². The molecule has 2 rings (SSSR count). The third kappa shape index (κ3) is 2.47. The van der Waals surface area contributed by atoms with E-state index in [-0.39, 0.29) is 0 Å². The van der Waals surface area contributed by atoms with E-state index in [2.05, 4.69) is 29.0 Å². The Kier molecular flexibility index (Phi) is 3.43. The van der Waals surface area contributed by atoms with Gasteiger partial charge in [-0.3, -0.25) is 0 Å². The zero-order chi connectivity index (χ0) is 12.4. The van der Waals surface area contributed by atoms with Gasteiger partial charge in [-0.15, -0.1) is 0 Å². The third-order valence-corrected chi connectivity index (χ3v) is 3.16. The Morgan fingerprint density at radius 2 is 1.59 bits per heavy atom. The van der Waals surface area contributed by atoms with E-state index in [0.29, 0.717) is 5.15 Å². The minimum absolute atomic E-state index is 0.470. The van der Waals surface area contributed by atoms with Crippen molar-refractivity contribution < 1.29 is 0 Å². The highest BCUT2D eigenvalue weighted by Gasteiger charge is 2.09. The zero-order valence-electron chi connectivity index (χ0n) is 10.3. The Bertz CT molecular complexity index is 533. The topological polar surface area (TPSA) is 25.8 Å². The van der Waals surface area contributed by atoms with E-state index in [4.69, 9.17) is 11.6 Å². The van der Waals surface area contributed by atoms with Gasteiger partial charge < -0.3 is 0 Å². The first-order chi connectivity index (χ1) is 8.11. The highest BCUT2D eigenvalue weighted by molar-refractivity contribution is 6.31. The lowest BCUT2D eigenvalue weighted by atomic mass is 10.1. The van der Waals surface area contributed by atoms with Crippen molar-refractivity contribution in [2.45, 2.75) is 27.2 Å². The number of aromatic nitrogens is 2. The molecule has 2 aromatic rings. The average molecular weight is 247 g/mol. The Balaban J connectivity index is 2.48. The van der Waals surface area contributed by atoms with Crippen molar-refractivity contribution in [3.63, 3.8) is 0 Å². The van der Waals surface area contributed by atoms with Crippen LogP contribution in [0.5, 0.6) is 0 Å². The molecule has 0 saturated carbocycles. The molecule has 0 N–H and O–H groups in total. The van der Waals surface area contributed by atoms with Crippen LogP contribution in [0.4, 0.5) is 0 Å². The predicted molar refractivity (Wildman–Crippen MR) is 71.3 cm³/mol. The molecular formula is C14H15ClN2. The van der Waals surface area contributed by atoms with Crippen LogP contribution in [0.3, 0.4) is 0 Å². The molecule has 0 aliphatic rings. The summed E-state index contributed by atoms with van der Waals surface area (Å²) in [6, 6.07) is 8.29. The minimum atomic E-state index is 0.470. The molecule has 0 saturated heterocycles. The minimum Gasteiger partial charge on any atom is -0.248 e. The molecule has 17 heavy (non-hydrogen) atoms. The van der Waals surface area contributed by atoms with Gasteiger partial charge in [-0.05, 0) is 25.8 Å². The molecule has 0 bridgehead atoms. The van der Waals surface area contributed by atoms with Crippen molar-refractivity contribution in [1.82, 2.24) is 9.97 Å². The van der Waals surface area contributed by atoms with E-state index in [0.717, 1.165) is 29.1 Å². The lowest BCUT2D eigenvalue weighted by molar-refractivity contribution is 1.05. The molecule has 88 valence electrons. The van der Waals surface area contributed by atoms with Crippen LogP contribution in [0.1, 0.15) is 23.9 Å². The van der Waals surface area contributed by atoms with E-state index in [1.807, 2.05) is 26.0 Å². The predicted octanol–water partition coefficient (Wildman–Crippen LogP) is 3.98. The SMILES string of the molecule is CCc1ccc(-c2nc(C)c(C)nc2Cl)cc1. The second-order valence-electron chi connectivity index (χ2n) is 4.08. The summed E-state index contributed by atoms with van der Waals surface area (Å²) in [5.41, 5.74) is 4.88. The zero-order valence-corrected chi connectivity index (χ0v) is 11.0. The fourth-order valence-electron chi connectivity index (χ4n) is 1.66. The van der Waals surface area contributed by atoms with Crippen LogP contribution in [-0.2, 0) is 6.42 Å². The molecule has 0 aliphatic carbocycles. The first-order valence-electron chi connectivity index (χ1n) is 5.72. The molecule has 0 radical (unpaired) electrons. The standard InChI is InChI=1S/C14H15ClN2/c1-4-11-5-7-12(8-6-11)13-14(15)17-10(3)9(2)16-13/h5-8H,4H2,1-3H3. The van der Waals surface area contributed by atoms with Gasteiger partial charge >= 0.3 is 0 Å². The summed E-state index contributed by atoms with van der Waals surface area (Å²) in [6.07, 6.45) is 1.03. The molecular weight excluding hydrogens is 232 g/mol. The summed E-state index contributed by atoms with van der Waals surface area (Å²) < 4.78 is 0. The normalized spacial score (nSPS) is 10.6. The molecule has 0 unspecified atom stereocenters.